The van der Waals surface area contributed by atoms with Crippen molar-refractivity contribution < 1.29 is 0 Å². The minimum Gasteiger partial charge on any atom is -0.273 e. The van der Waals surface area contributed by atoms with Crippen molar-refractivity contribution >= 4 is 35.2 Å². The Balaban J connectivity index is 1.48. The molecule has 1 aliphatic heterocycles. The lowest BCUT2D eigenvalue weighted by Gasteiger charge is -2.35. The van der Waals surface area contributed by atoms with Gasteiger partial charge < -0.3 is 0 Å². The van der Waals surface area contributed by atoms with Crippen LogP contribution in [0.2, 0.25) is 5.02 Å². The molecule has 8 heteroatoms. The van der Waals surface area contributed by atoms with E-state index >= 15 is 0 Å². The molecule has 0 aliphatic carbocycles. The van der Waals surface area contributed by atoms with E-state index in [0.29, 0.717) is 16.5 Å². The first-order chi connectivity index (χ1) is 14.2. The molecule has 29 heavy (non-hydrogen) atoms. The van der Waals surface area contributed by atoms with Crippen LogP contribution in [0.25, 0.3) is 5.69 Å². The van der Waals surface area contributed by atoms with Gasteiger partial charge in [-0.3, -0.25) is 4.90 Å². The Bertz CT molecular complexity index is 1180. The molecule has 2 aromatic carbocycles. The predicted octanol–water partition coefficient (Wildman–Crippen LogP) is 5.12. The molecule has 0 spiro atoms. The Kier molecular flexibility index (Phi) is 5.05. The van der Waals surface area contributed by atoms with Gasteiger partial charge in [0.25, 0.3) is 0 Å². The second-order valence-corrected chi connectivity index (χ2v) is 8.77. The zero-order valence-electron chi connectivity index (χ0n) is 15.5. The lowest BCUT2D eigenvalue weighted by molar-refractivity contribution is 0.155. The zero-order valence-corrected chi connectivity index (χ0v) is 17.9. The summed E-state index contributed by atoms with van der Waals surface area (Å²) in [6, 6.07) is 20.5. The number of halogens is 1. The van der Waals surface area contributed by atoms with E-state index in [1.54, 1.807) is 9.36 Å². The smallest absolute Gasteiger partial charge is 0.221 e. The highest BCUT2D eigenvalue weighted by Crippen LogP contribution is 2.37. The van der Waals surface area contributed by atoms with Crippen LogP contribution in [0.4, 0.5) is 0 Å². The lowest BCUT2D eigenvalue weighted by Crippen LogP contribution is -2.37. The van der Waals surface area contributed by atoms with Crippen LogP contribution in [-0.4, -0.2) is 31.2 Å². The molecule has 1 unspecified atom stereocenters. The number of hydrogen-bond donors (Lipinski definition) is 0. The molecule has 1 aliphatic rings. The summed E-state index contributed by atoms with van der Waals surface area (Å²) in [5, 5.41) is 11.5. The molecular formula is C21H18ClN5S2. The van der Waals surface area contributed by atoms with Crippen molar-refractivity contribution in [1.82, 2.24) is 24.7 Å². The topological polar surface area (TPSA) is 38.9 Å². The van der Waals surface area contributed by atoms with Crippen LogP contribution in [0, 0.1) is 4.77 Å². The second-order valence-electron chi connectivity index (χ2n) is 6.97. The summed E-state index contributed by atoms with van der Waals surface area (Å²) < 4.78 is 4.02. The summed E-state index contributed by atoms with van der Waals surface area (Å²) in [6.45, 7) is 1.53. The SMILES string of the molecule is S=c1n(CN2CCc3sccc3C2c2ccccc2)nnn1-c1ccc(Cl)cc1. The van der Waals surface area contributed by atoms with E-state index < -0.39 is 0 Å². The van der Waals surface area contributed by atoms with Gasteiger partial charge in [-0.25, -0.2) is 4.68 Å². The first-order valence-corrected chi connectivity index (χ1v) is 11.0. The minimum absolute atomic E-state index is 0.189. The van der Waals surface area contributed by atoms with Crippen molar-refractivity contribution in [3.63, 3.8) is 0 Å². The molecular weight excluding hydrogens is 422 g/mol. The average Bonchev–Trinajstić information content (AvgIpc) is 3.36. The summed E-state index contributed by atoms with van der Waals surface area (Å²) in [4.78, 5) is 3.88. The third-order valence-electron chi connectivity index (χ3n) is 5.21. The maximum atomic E-state index is 6.00. The van der Waals surface area contributed by atoms with Gasteiger partial charge in [-0.2, -0.15) is 4.68 Å². The van der Waals surface area contributed by atoms with E-state index in [4.69, 9.17) is 23.8 Å². The third kappa shape index (κ3) is 3.55. The van der Waals surface area contributed by atoms with Gasteiger partial charge >= 0.3 is 0 Å². The van der Waals surface area contributed by atoms with Crippen molar-refractivity contribution in [2.45, 2.75) is 19.1 Å². The molecule has 0 amide bonds. The zero-order chi connectivity index (χ0) is 19.8. The lowest BCUT2D eigenvalue weighted by atomic mass is 9.94. The summed E-state index contributed by atoms with van der Waals surface area (Å²) >= 11 is 13.5. The van der Waals surface area contributed by atoms with Crippen molar-refractivity contribution in [2.24, 2.45) is 0 Å². The largest absolute Gasteiger partial charge is 0.273 e. The van der Waals surface area contributed by atoms with Crippen LogP contribution in [0.5, 0.6) is 0 Å². The first kappa shape index (κ1) is 18.7. The van der Waals surface area contributed by atoms with Crippen LogP contribution >= 0.6 is 35.2 Å². The van der Waals surface area contributed by atoms with Crippen molar-refractivity contribution in [1.29, 1.82) is 0 Å². The molecule has 0 fully saturated rings. The summed E-state index contributed by atoms with van der Waals surface area (Å²) in [5.74, 6) is 0. The van der Waals surface area contributed by atoms with E-state index in [1.165, 1.54) is 16.0 Å². The maximum absolute atomic E-state index is 6.00. The fourth-order valence-electron chi connectivity index (χ4n) is 3.83. The average molecular weight is 440 g/mol. The monoisotopic (exact) mass is 439 g/mol. The third-order valence-corrected chi connectivity index (χ3v) is 6.84. The highest BCUT2D eigenvalue weighted by Gasteiger charge is 2.30. The molecule has 146 valence electrons. The Labute approximate surface area is 182 Å². The molecule has 0 bridgehead atoms. The van der Waals surface area contributed by atoms with Gasteiger partial charge in [0.2, 0.25) is 4.77 Å². The van der Waals surface area contributed by atoms with Crippen LogP contribution in [0.15, 0.2) is 66.0 Å². The number of nitrogens with zero attached hydrogens (tertiary/aromatic N) is 5. The van der Waals surface area contributed by atoms with E-state index in [2.05, 4.69) is 57.1 Å². The minimum atomic E-state index is 0.189. The Morgan fingerprint density at radius 2 is 1.83 bits per heavy atom. The van der Waals surface area contributed by atoms with Gasteiger partial charge in [-0.15, -0.1) is 11.3 Å². The van der Waals surface area contributed by atoms with E-state index in [9.17, 15) is 0 Å². The molecule has 0 N–H and O–H groups in total. The summed E-state index contributed by atoms with van der Waals surface area (Å²) in [7, 11) is 0. The van der Waals surface area contributed by atoms with Crippen LogP contribution in [0.1, 0.15) is 22.0 Å². The van der Waals surface area contributed by atoms with E-state index in [-0.39, 0.29) is 6.04 Å². The number of aromatic nitrogens is 4. The van der Waals surface area contributed by atoms with Crippen molar-refractivity contribution in [3.8, 4) is 5.69 Å². The highest BCUT2D eigenvalue weighted by atomic mass is 35.5. The predicted molar refractivity (Wildman–Crippen MR) is 118 cm³/mol. The number of fused-ring (bicyclic) bond motifs is 1. The highest BCUT2D eigenvalue weighted by molar-refractivity contribution is 7.71. The van der Waals surface area contributed by atoms with Crippen molar-refractivity contribution in [2.75, 3.05) is 6.54 Å². The van der Waals surface area contributed by atoms with E-state index in [1.807, 2.05) is 35.6 Å². The van der Waals surface area contributed by atoms with Gasteiger partial charge in [0.15, 0.2) is 0 Å². The normalized spacial score (nSPS) is 16.7. The molecule has 0 saturated carbocycles. The molecule has 5 rings (SSSR count). The Morgan fingerprint density at radius 3 is 2.62 bits per heavy atom. The Morgan fingerprint density at radius 1 is 1.03 bits per heavy atom. The molecule has 1 atom stereocenters. The maximum Gasteiger partial charge on any atom is 0.221 e. The fraction of sp³-hybridized carbons (Fsp3) is 0.190. The number of thiophene rings is 1. The van der Waals surface area contributed by atoms with Gasteiger partial charge in [0, 0.05) is 16.4 Å². The number of tetrazole rings is 1. The molecule has 4 aromatic rings. The number of rotatable bonds is 4. The van der Waals surface area contributed by atoms with Crippen LogP contribution in [-0.2, 0) is 13.1 Å². The molecule has 0 radical (unpaired) electrons. The number of hydrogen-bond acceptors (Lipinski definition) is 5. The molecule has 0 saturated heterocycles. The van der Waals surface area contributed by atoms with Crippen LogP contribution < -0.4 is 0 Å². The summed E-state index contributed by atoms with van der Waals surface area (Å²) in [5.41, 5.74) is 3.51. The van der Waals surface area contributed by atoms with Gasteiger partial charge in [0.1, 0.15) is 0 Å². The molecule has 3 heterocycles. The van der Waals surface area contributed by atoms with Gasteiger partial charge in [-0.05, 0) is 75.9 Å². The first-order valence-electron chi connectivity index (χ1n) is 9.35. The number of benzene rings is 2. The van der Waals surface area contributed by atoms with E-state index in [0.717, 1.165) is 18.7 Å². The standard InChI is InChI=1S/C21H18ClN5S2/c22-16-6-8-17(9-7-16)27-21(28)26(23-24-27)14-25-12-10-19-18(11-13-29-19)20(25)15-4-2-1-3-5-15/h1-9,11,13,20H,10,12,14H2. The van der Waals surface area contributed by atoms with Crippen LogP contribution in [0.3, 0.4) is 0 Å². The van der Waals surface area contributed by atoms with Gasteiger partial charge in [-0.1, -0.05) is 41.9 Å². The fourth-order valence-corrected chi connectivity index (χ4v) is 5.09. The Hall–Kier alpha value is -2.32. The molecule has 5 nitrogen and oxygen atoms in total. The summed E-state index contributed by atoms with van der Waals surface area (Å²) in [6.07, 6.45) is 1.04. The van der Waals surface area contributed by atoms with Gasteiger partial charge in [0.05, 0.1) is 18.4 Å². The van der Waals surface area contributed by atoms with Crippen molar-refractivity contribution in [3.05, 3.63) is 91.8 Å². The molecule has 2 aromatic heterocycles. The second kappa shape index (κ2) is 7.84. The quantitative estimate of drug-likeness (QED) is 0.414.